The van der Waals surface area contributed by atoms with E-state index in [9.17, 15) is 4.79 Å². The highest BCUT2D eigenvalue weighted by molar-refractivity contribution is 5.94. The number of hydrogen-bond acceptors (Lipinski definition) is 2. The van der Waals surface area contributed by atoms with Crippen molar-refractivity contribution in [3.05, 3.63) is 17.0 Å². The smallest absolute Gasteiger partial charge is 0.272 e. The van der Waals surface area contributed by atoms with Gasteiger partial charge in [-0.1, -0.05) is 12.8 Å². The van der Waals surface area contributed by atoms with Gasteiger partial charge in [-0.05, 0) is 56.8 Å². The Hall–Kier alpha value is -1.32. The number of carbonyl (C=O) groups excluding carboxylic acids is 1. The summed E-state index contributed by atoms with van der Waals surface area (Å²) < 4.78 is 0. The van der Waals surface area contributed by atoms with Crippen LogP contribution in [0.15, 0.2) is 0 Å². The van der Waals surface area contributed by atoms with Crippen LogP contribution in [0.3, 0.4) is 0 Å². The van der Waals surface area contributed by atoms with Gasteiger partial charge < -0.3 is 5.32 Å². The maximum atomic E-state index is 12.5. The average Bonchev–Trinajstić information content (AvgIpc) is 3.14. The van der Waals surface area contributed by atoms with Gasteiger partial charge in [-0.15, -0.1) is 0 Å². The number of rotatable bonds is 2. The van der Waals surface area contributed by atoms with Crippen LogP contribution in [-0.2, 0) is 12.8 Å². The predicted molar refractivity (Wildman–Crippen MR) is 76.5 cm³/mol. The summed E-state index contributed by atoms with van der Waals surface area (Å²) in [5.41, 5.74) is 3.03. The summed E-state index contributed by atoms with van der Waals surface area (Å²) in [4.78, 5) is 12.5. The number of amides is 1. The van der Waals surface area contributed by atoms with E-state index in [0.29, 0.717) is 11.7 Å². The molecule has 3 atom stereocenters. The quantitative estimate of drug-likeness (QED) is 0.870. The minimum absolute atomic E-state index is 0.0574. The lowest BCUT2D eigenvalue weighted by atomic mass is 9.95. The minimum atomic E-state index is 0.0574. The van der Waals surface area contributed by atoms with Crippen LogP contribution in [-0.4, -0.2) is 22.1 Å². The van der Waals surface area contributed by atoms with Gasteiger partial charge in [-0.3, -0.25) is 9.89 Å². The molecule has 4 nitrogen and oxygen atoms in total. The van der Waals surface area contributed by atoms with E-state index in [1.54, 1.807) is 0 Å². The van der Waals surface area contributed by atoms with Gasteiger partial charge >= 0.3 is 0 Å². The van der Waals surface area contributed by atoms with Crippen LogP contribution in [0.5, 0.6) is 0 Å². The van der Waals surface area contributed by atoms with Gasteiger partial charge in [-0.2, -0.15) is 5.10 Å². The van der Waals surface area contributed by atoms with Gasteiger partial charge in [-0.25, -0.2) is 0 Å². The number of aromatic nitrogens is 2. The second kappa shape index (κ2) is 4.90. The van der Waals surface area contributed by atoms with Gasteiger partial charge in [0.2, 0.25) is 0 Å². The summed E-state index contributed by atoms with van der Waals surface area (Å²) in [5, 5.41) is 10.6. The third-order valence-electron chi connectivity index (χ3n) is 5.67. The van der Waals surface area contributed by atoms with E-state index in [1.807, 2.05) is 0 Å². The largest absolute Gasteiger partial charge is 0.348 e. The monoisotopic (exact) mass is 273 g/mol. The van der Waals surface area contributed by atoms with E-state index in [2.05, 4.69) is 15.5 Å². The average molecular weight is 273 g/mol. The molecule has 0 spiro atoms. The fourth-order valence-electron chi connectivity index (χ4n) is 4.65. The second-order valence-electron chi connectivity index (χ2n) is 6.75. The number of hydrogen-bond donors (Lipinski definition) is 2. The molecule has 108 valence electrons. The molecule has 0 unspecified atom stereocenters. The zero-order valence-electron chi connectivity index (χ0n) is 12.0. The standard InChI is InChI=1S/C16H23N3O/c20-16(15-12-5-1-2-7-14(12)18-19-15)17-13-9-8-10-4-3-6-11(10)13/h10-11,13H,1-9H2,(H,17,20)(H,18,19)/t10-,11-,13-/m0/s1. The minimum Gasteiger partial charge on any atom is -0.348 e. The first-order valence-corrected chi connectivity index (χ1v) is 8.20. The predicted octanol–water partition coefficient (Wildman–Crippen LogP) is 2.60. The molecule has 2 saturated carbocycles. The van der Waals surface area contributed by atoms with Crippen molar-refractivity contribution in [1.82, 2.24) is 15.5 Å². The maximum Gasteiger partial charge on any atom is 0.272 e. The molecule has 1 aromatic heterocycles. The van der Waals surface area contributed by atoms with Crippen LogP contribution in [0.1, 0.15) is 66.7 Å². The number of nitrogens with zero attached hydrogens (tertiary/aromatic N) is 1. The summed E-state index contributed by atoms with van der Waals surface area (Å²) in [7, 11) is 0. The van der Waals surface area contributed by atoms with E-state index in [1.165, 1.54) is 49.8 Å². The van der Waals surface area contributed by atoms with E-state index >= 15 is 0 Å². The highest BCUT2D eigenvalue weighted by atomic mass is 16.2. The second-order valence-corrected chi connectivity index (χ2v) is 6.75. The van der Waals surface area contributed by atoms with Crippen molar-refractivity contribution in [2.75, 3.05) is 0 Å². The summed E-state index contributed by atoms with van der Waals surface area (Å²) in [6, 6.07) is 0.394. The van der Waals surface area contributed by atoms with Crippen LogP contribution in [0, 0.1) is 11.8 Å². The lowest BCUT2D eigenvalue weighted by molar-refractivity contribution is 0.0920. The van der Waals surface area contributed by atoms with Crippen molar-refractivity contribution in [2.24, 2.45) is 11.8 Å². The third kappa shape index (κ3) is 1.97. The van der Waals surface area contributed by atoms with Gasteiger partial charge in [0, 0.05) is 17.3 Å². The van der Waals surface area contributed by atoms with Crippen molar-refractivity contribution >= 4 is 5.91 Å². The van der Waals surface area contributed by atoms with Gasteiger partial charge in [0.05, 0.1) is 0 Å². The molecule has 1 heterocycles. The number of fused-ring (bicyclic) bond motifs is 2. The van der Waals surface area contributed by atoms with Crippen LogP contribution < -0.4 is 5.32 Å². The zero-order valence-corrected chi connectivity index (χ0v) is 12.0. The molecule has 1 amide bonds. The molecule has 0 bridgehead atoms. The fourth-order valence-corrected chi connectivity index (χ4v) is 4.65. The van der Waals surface area contributed by atoms with E-state index < -0.39 is 0 Å². The molecule has 20 heavy (non-hydrogen) atoms. The molecule has 0 aromatic carbocycles. The molecule has 0 radical (unpaired) electrons. The normalized spacial score (nSPS) is 31.9. The molecule has 1 aromatic rings. The first-order valence-electron chi connectivity index (χ1n) is 8.20. The number of aromatic amines is 1. The summed E-state index contributed by atoms with van der Waals surface area (Å²) >= 11 is 0. The summed E-state index contributed by atoms with van der Waals surface area (Å²) in [5.74, 6) is 1.66. The number of carbonyl (C=O) groups is 1. The Morgan fingerprint density at radius 3 is 2.95 bits per heavy atom. The Morgan fingerprint density at radius 2 is 2.00 bits per heavy atom. The first-order chi connectivity index (χ1) is 9.83. The highest BCUT2D eigenvalue weighted by Crippen LogP contribution is 2.44. The first kappa shape index (κ1) is 12.4. The lowest BCUT2D eigenvalue weighted by Gasteiger charge is -2.20. The Balaban J connectivity index is 1.49. The van der Waals surface area contributed by atoms with E-state index in [0.717, 1.165) is 31.1 Å². The molecule has 4 rings (SSSR count). The molecule has 4 heteroatoms. The molecular weight excluding hydrogens is 250 g/mol. The number of nitrogens with one attached hydrogen (secondary N) is 2. The Bertz CT molecular complexity index is 522. The molecule has 2 fully saturated rings. The van der Waals surface area contributed by atoms with E-state index in [-0.39, 0.29) is 5.91 Å². The summed E-state index contributed by atoms with van der Waals surface area (Å²) in [6.07, 6.45) is 10.9. The van der Waals surface area contributed by atoms with Gasteiger partial charge in [0.1, 0.15) is 0 Å². The Labute approximate surface area is 119 Å². The van der Waals surface area contributed by atoms with Crippen LogP contribution in [0.2, 0.25) is 0 Å². The number of aryl methyl sites for hydroxylation is 1. The van der Waals surface area contributed by atoms with Gasteiger partial charge in [0.25, 0.3) is 5.91 Å². The lowest BCUT2D eigenvalue weighted by Crippen LogP contribution is -2.38. The molecule has 3 aliphatic rings. The van der Waals surface area contributed by atoms with Crippen LogP contribution in [0.25, 0.3) is 0 Å². The fraction of sp³-hybridized carbons (Fsp3) is 0.750. The van der Waals surface area contributed by atoms with E-state index in [4.69, 9.17) is 0 Å². The molecule has 2 N–H and O–H groups in total. The molecule has 0 aliphatic heterocycles. The van der Waals surface area contributed by atoms with Crippen molar-refractivity contribution in [3.8, 4) is 0 Å². The van der Waals surface area contributed by atoms with Crippen molar-refractivity contribution in [3.63, 3.8) is 0 Å². The van der Waals surface area contributed by atoms with Crippen molar-refractivity contribution < 1.29 is 4.79 Å². The molecule has 0 saturated heterocycles. The summed E-state index contributed by atoms with van der Waals surface area (Å²) in [6.45, 7) is 0. The molecule has 3 aliphatic carbocycles. The number of H-pyrrole nitrogens is 1. The Morgan fingerprint density at radius 1 is 1.10 bits per heavy atom. The topological polar surface area (TPSA) is 57.8 Å². The molecular formula is C16H23N3O. The van der Waals surface area contributed by atoms with Gasteiger partial charge in [0.15, 0.2) is 5.69 Å². The third-order valence-corrected chi connectivity index (χ3v) is 5.67. The Kier molecular flexibility index (Phi) is 3.04. The maximum absolute atomic E-state index is 12.5. The highest BCUT2D eigenvalue weighted by Gasteiger charge is 2.40. The van der Waals surface area contributed by atoms with Crippen LogP contribution >= 0.6 is 0 Å². The van der Waals surface area contributed by atoms with Crippen LogP contribution in [0.4, 0.5) is 0 Å². The van der Waals surface area contributed by atoms with Crippen molar-refractivity contribution in [1.29, 1.82) is 0 Å². The van der Waals surface area contributed by atoms with Crippen molar-refractivity contribution in [2.45, 2.75) is 63.8 Å². The SMILES string of the molecule is O=C(N[C@H]1CC[C@@H]2CCC[C@@H]21)c1n[nH]c2c1CCCC2. The zero-order chi connectivity index (χ0) is 13.5.